The molecule has 3 rings (SSSR count). The molecule has 0 fully saturated rings. The lowest BCUT2D eigenvalue weighted by atomic mass is 10.2. The third kappa shape index (κ3) is 4.90. The first-order valence-corrected chi connectivity index (χ1v) is 8.37. The number of hydrogen-bond donors (Lipinski definition) is 1. The van der Waals surface area contributed by atoms with Crippen molar-refractivity contribution in [3.05, 3.63) is 72.1 Å². The molecule has 1 N–H and O–H groups in total. The molecule has 0 radical (unpaired) electrons. The number of nitrogens with one attached hydrogen (secondary N) is 1. The number of hydrogen-bond acceptors (Lipinski definition) is 3. The zero-order valence-electron chi connectivity index (χ0n) is 14.8. The summed E-state index contributed by atoms with van der Waals surface area (Å²) in [5.74, 6) is 0.123. The lowest BCUT2D eigenvalue weighted by Crippen LogP contribution is -2.37. The number of aromatic nitrogens is 4. The van der Waals surface area contributed by atoms with Crippen molar-refractivity contribution in [3.8, 4) is 0 Å². The minimum absolute atomic E-state index is 0.0174. The Morgan fingerprint density at radius 3 is 2.78 bits per heavy atom. The van der Waals surface area contributed by atoms with Crippen molar-refractivity contribution in [2.45, 2.75) is 26.2 Å². The Morgan fingerprint density at radius 2 is 2.04 bits per heavy atom. The summed E-state index contributed by atoms with van der Waals surface area (Å²) < 4.78 is 28.2. The molecule has 0 saturated heterocycles. The first-order chi connectivity index (χ1) is 13.0. The Morgan fingerprint density at radius 1 is 1.26 bits per heavy atom. The van der Waals surface area contributed by atoms with Gasteiger partial charge in [0.25, 0.3) is 0 Å². The molecule has 1 aromatic carbocycles. The van der Waals surface area contributed by atoms with Crippen molar-refractivity contribution in [2.24, 2.45) is 0 Å². The Kier molecular flexibility index (Phi) is 5.80. The van der Waals surface area contributed by atoms with Crippen LogP contribution < -0.4 is 5.32 Å². The van der Waals surface area contributed by atoms with Crippen LogP contribution in [0.25, 0.3) is 0 Å². The van der Waals surface area contributed by atoms with Gasteiger partial charge in [-0.1, -0.05) is 30.3 Å². The molecule has 0 aliphatic heterocycles. The zero-order valence-corrected chi connectivity index (χ0v) is 14.8. The Labute approximate surface area is 155 Å². The zero-order chi connectivity index (χ0) is 19.2. The van der Waals surface area contributed by atoms with Gasteiger partial charge in [-0.05, 0) is 5.56 Å². The fourth-order valence-corrected chi connectivity index (χ4v) is 2.60. The number of imidazole rings is 1. The molecule has 0 saturated carbocycles. The van der Waals surface area contributed by atoms with Gasteiger partial charge in [-0.3, -0.25) is 9.25 Å². The second kappa shape index (κ2) is 8.43. The molecule has 0 spiro atoms. The number of carbonyl (C=O) groups is 1. The summed E-state index contributed by atoms with van der Waals surface area (Å²) in [4.78, 5) is 17.4. The highest BCUT2D eigenvalue weighted by Crippen LogP contribution is 2.13. The van der Waals surface area contributed by atoms with Gasteiger partial charge in [0, 0.05) is 37.7 Å². The summed E-state index contributed by atoms with van der Waals surface area (Å²) in [6, 6.07) is 9.54. The minimum atomic E-state index is -2.69. The molecule has 27 heavy (non-hydrogen) atoms. The van der Waals surface area contributed by atoms with Crippen molar-refractivity contribution in [3.63, 3.8) is 0 Å². The van der Waals surface area contributed by atoms with Crippen molar-refractivity contribution < 1.29 is 13.6 Å². The smallest absolute Gasteiger partial charge is 0.319 e. The average molecular weight is 374 g/mol. The van der Waals surface area contributed by atoms with Gasteiger partial charge in [-0.2, -0.15) is 13.9 Å². The van der Waals surface area contributed by atoms with Crippen molar-refractivity contribution in [2.75, 3.05) is 7.05 Å². The van der Waals surface area contributed by atoms with Gasteiger partial charge in [-0.15, -0.1) is 0 Å². The van der Waals surface area contributed by atoms with E-state index >= 15 is 0 Å². The monoisotopic (exact) mass is 374 g/mol. The Hall–Kier alpha value is -3.23. The fourth-order valence-electron chi connectivity index (χ4n) is 2.60. The van der Waals surface area contributed by atoms with E-state index in [9.17, 15) is 13.6 Å². The molecule has 2 aromatic heterocycles. The van der Waals surface area contributed by atoms with Crippen molar-refractivity contribution >= 4 is 6.03 Å². The molecular weight excluding hydrogens is 354 g/mol. The molecule has 0 bridgehead atoms. The predicted molar refractivity (Wildman–Crippen MR) is 95.0 cm³/mol. The van der Waals surface area contributed by atoms with Crippen LogP contribution in [0.2, 0.25) is 0 Å². The Balaban J connectivity index is 1.51. The van der Waals surface area contributed by atoms with E-state index in [1.165, 1.54) is 24.3 Å². The van der Waals surface area contributed by atoms with E-state index in [2.05, 4.69) is 15.4 Å². The lowest BCUT2D eigenvalue weighted by molar-refractivity contribution is 0.0651. The third-order valence-electron chi connectivity index (χ3n) is 4.00. The van der Waals surface area contributed by atoms with Crippen LogP contribution in [0.3, 0.4) is 0 Å². The molecule has 9 heteroatoms. The molecular formula is C18H20F2N6O. The summed E-state index contributed by atoms with van der Waals surface area (Å²) >= 11 is 0. The maximum atomic E-state index is 12.8. The molecule has 2 amide bonds. The van der Waals surface area contributed by atoms with E-state index in [4.69, 9.17) is 0 Å². The van der Waals surface area contributed by atoms with E-state index in [-0.39, 0.29) is 18.4 Å². The van der Waals surface area contributed by atoms with Crippen LogP contribution in [0.5, 0.6) is 0 Å². The van der Waals surface area contributed by atoms with Crippen LogP contribution >= 0.6 is 0 Å². The number of halogens is 2. The van der Waals surface area contributed by atoms with Gasteiger partial charge < -0.3 is 10.2 Å². The topological polar surface area (TPSA) is 68.0 Å². The summed E-state index contributed by atoms with van der Waals surface area (Å²) in [5.41, 5.74) is 1.98. The van der Waals surface area contributed by atoms with Gasteiger partial charge in [0.05, 0.1) is 19.3 Å². The molecule has 3 aromatic rings. The van der Waals surface area contributed by atoms with E-state index in [0.717, 1.165) is 15.7 Å². The lowest BCUT2D eigenvalue weighted by Gasteiger charge is -2.18. The molecule has 0 unspecified atom stereocenters. The third-order valence-corrected chi connectivity index (χ3v) is 4.00. The van der Waals surface area contributed by atoms with Gasteiger partial charge >= 0.3 is 12.6 Å². The molecule has 142 valence electrons. The fraction of sp³-hybridized carbons (Fsp3) is 0.278. The van der Waals surface area contributed by atoms with Gasteiger partial charge in [0.1, 0.15) is 5.82 Å². The van der Waals surface area contributed by atoms with Crippen molar-refractivity contribution in [1.29, 1.82) is 0 Å². The molecule has 0 atom stereocenters. The number of urea groups is 1. The summed E-state index contributed by atoms with van der Waals surface area (Å²) in [6.45, 7) is -1.77. The van der Waals surface area contributed by atoms with Gasteiger partial charge in [0.15, 0.2) is 0 Å². The number of alkyl halides is 2. The molecule has 0 aliphatic carbocycles. The summed E-state index contributed by atoms with van der Waals surface area (Å²) in [5, 5.41) is 7.03. The first-order valence-electron chi connectivity index (χ1n) is 8.37. The highest BCUT2D eigenvalue weighted by molar-refractivity contribution is 5.73. The molecule has 7 nitrogen and oxygen atoms in total. The average Bonchev–Trinajstić information content (AvgIpc) is 3.30. The number of benzene rings is 1. The maximum absolute atomic E-state index is 12.8. The number of nitrogens with zero attached hydrogens (tertiary/aromatic N) is 5. The number of rotatable bonds is 7. The summed E-state index contributed by atoms with van der Waals surface area (Å²) in [6.07, 6.45) is 6.02. The van der Waals surface area contributed by atoms with E-state index < -0.39 is 6.55 Å². The number of carbonyl (C=O) groups excluding carboxylic acids is 1. The van der Waals surface area contributed by atoms with Crippen LogP contribution in [0, 0.1) is 0 Å². The van der Waals surface area contributed by atoms with Crippen LogP contribution in [0.4, 0.5) is 13.6 Å². The largest absolute Gasteiger partial charge is 0.334 e. The maximum Gasteiger partial charge on any atom is 0.319 e. The second-order valence-corrected chi connectivity index (χ2v) is 6.07. The second-order valence-electron chi connectivity index (χ2n) is 6.07. The van der Waals surface area contributed by atoms with E-state index in [0.29, 0.717) is 13.1 Å². The van der Waals surface area contributed by atoms with Crippen molar-refractivity contribution in [1.82, 2.24) is 29.5 Å². The SMILES string of the molecule is CN(Cc1nccn1C(F)F)C(=O)NCc1cnn(Cc2ccccc2)c1. The van der Waals surface area contributed by atoms with Crippen LogP contribution in [-0.4, -0.2) is 37.3 Å². The Bertz CT molecular complexity index is 877. The van der Waals surface area contributed by atoms with Crippen LogP contribution in [0.1, 0.15) is 23.5 Å². The molecule has 2 heterocycles. The first kappa shape index (κ1) is 18.6. The predicted octanol–water partition coefficient (Wildman–Crippen LogP) is 2.86. The highest BCUT2D eigenvalue weighted by Gasteiger charge is 2.16. The van der Waals surface area contributed by atoms with Gasteiger partial charge in [-0.25, -0.2) is 9.78 Å². The van der Waals surface area contributed by atoms with E-state index in [1.807, 2.05) is 36.5 Å². The van der Waals surface area contributed by atoms with E-state index in [1.54, 1.807) is 10.9 Å². The standard InChI is InChI=1S/C18H20F2N6O/c1-24(13-16-21-7-8-26(16)17(19)20)18(27)22-9-15-10-23-25(12-15)11-14-5-3-2-4-6-14/h2-8,10,12,17H,9,11,13H2,1H3,(H,22,27). The summed E-state index contributed by atoms with van der Waals surface area (Å²) in [7, 11) is 1.53. The van der Waals surface area contributed by atoms with Crippen LogP contribution in [-0.2, 0) is 19.6 Å². The quantitative estimate of drug-likeness (QED) is 0.691. The van der Waals surface area contributed by atoms with Gasteiger partial charge in [0.2, 0.25) is 0 Å². The number of amides is 2. The van der Waals surface area contributed by atoms with Crippen LogP contribution in [0.15, 0.2) is 55.1 Å². The minimum Gasteiger partial charge on any atom is -0.334 e. The molecule has 0 aliphatic rings. The normalized spacial score (nSPS) is 11.0. The highest BCUT2D eigenvalue weighted by atomic mass is 19.3.